The minimum Gasteiger partial charge on any atom is -0.376 e. The van der Waals surface area contributed by atoms with Crippen LogP contribution < -0.4 is 11.1 Å². The quantitative estimate of drug-likeness (QED) is 0.425. The highest BCUT2D eigenvalue weighted by Crippen LogP contribution is 2.24. The zero-order chi connectivity index (χ0) is 16.5. The Bertz CT molecular complexity index is 572. The van der Waals surface area contributed by atoms with Crippen molar-refractivity contribution >= 4 is 11.8 Å². The second kappa shape index (κ2) is 8.60. The molecule has 0 spiro atoms. The van der Waals surface area contributed by atoms with E-state index in [0.29, 0.717) is 11.1 Å². The molecule has 1 rings (SSSR count). The minimum atomic E-state index is -0.996. The molecule has 22 heavy (non-hydrogen) atoms. The first-order valence-corrected chi connectivity index (χ1v) is 6.33. The first-order chi connectivity index (χ1) is 10.5. The predicted octanol–water partition coefficient (Wildman–Crippen LogP) is 1.24. The van der Waals surface area contributed by atoms with Gasteiger partial charge >= 0.3 is 0 Å². The normalized spacial score (nSPS) is 12.8. The maximum atomic E-state index is 12.9. The lowest BCUT2D eigenvalue weighted by atomic mass is 10.0. The molecule has 0 aliphatic carbocycles. The fourth-order valence-corrected chi connectivity index (χ4v) is 1.85. The Hall–Kier alpha value is -2.64. The summed E-state index contributed by atoms with van der Waals surface area (Å²) >= 11 is 0. The smallest absolute Gasteiger partial charge is 0.251 e. The second-order valence-corrected chi connectivity index (χ2v) is 4.35. The van der Waals surface area contributed by atoms with Crippen molar-refractivity contribution in [2.24, 2.45) is 10.8 Å². The summed E-state index contributed by atoms with van der Waals surface area (Å²) in [7, 11) is 1.37. The van der Waals surface area contributed by atoms with Gasteiger partial charge in [-0.05, 0) is 23.2 Å². The average molecular weight is 309 g/mol. The molecule has 8 nitrogen and oxygen atoms in total. The van der Waals surface area contributed by atoms with Crippen LogP contribution in [0.2, 0.25) is 0 Å². The molecule has 0 aliphatic heterocycles. The van der Waals surface area contributed by atoms with Gasteiger partial charge in [-0.25, -0.2) is 0 Å². The lowest BCUT2D eigenvalue weighted by molar-refractivity contribution is -0.117. The standard InChI is InChI=1S/C13H16FN5O3/c1-22-12(10(6-14)18-19-16)8-2-4-9(5-3-8)13(21)17-7-11(15)20/h2-5,10,12H,6-7H2,1H3,(H2,15,20)(H,17,21)/t10-,12-/m1/s1. The van der Waals surface area contributed by atoms with Gasteiger partial charge in [-0.3, -0.25) is 14.0 Å². The van der Waals surface area contributed by atoms with E-state index in [0.717, 1.165) is 0 Å². The third kappa shape index (κ3) is 4.72. The zero-order valence-electron chi connectivity index (χ0n) is 11.9. The van der Waals surface area contributed by atoms with Crippen molar-refractivity contribution in [3.05, 3.63) is 45.8 Å². The third-order valence-corrected chi connectivity index (χ3v) is 2.89. The van der Waals surface area contributed by atoms with E-state index in [-0.39, 0.29) is 6.54 Å². The highest BCUT2D eigenvalue weighted by molar-refractivity contribution is 5.96. The van der Waals surface area contributed by atoms with Crippen LogP contribution in [0.25, 0.3) is 10.4 Å². The van der Waals surface area contributed by atoms with Crippen molar-refractivity contribution in [2.45, 2.75) is 12.1 Å². The van der Waals surface area contributed by atoms with Crippen LogP contribution >= 0.6 is 0 Å². The van der Waals surface area contributed by atoms with Crippen LogP contribution in [-0.4, -0.2) is 38.2 Å². The molecule has 0 saturated carbocycles. The number of primary amides is 1. The van der Waals surface area contributed by atoms with Crippen molar-refractivity contribution in [2.75, 3.05) is 20.3 Å². The van der Waals surface area contributed by atoms with E-state index in [1.807, 2.05) is 0 Å². The van der Waals surface area contributed by atoms with Crippen LogP contribution in [-0.2, 0) is 9.53 Å². The molecular weight excluding hydrogens is 293 g/mol. The van der Waals surface area contributed by atoms with Gasteiger partial charge in [-0.15, -0.1) is 0 Å². The molecule has 3 N–H and O–H groups in total. The summed E-state index contributed by atoms with van der Waals surface area (Å²) in [4.78, 5) is 24.9. The molecule has 0 heterocycles. The van der Waals surface area contributed by atoms with Crippen LogP contribution in [0.1, 0.15) is 22.0 Å². The molecule has 2 atom stereocenters. The fourth-order valence-electron chi connectivity index (χ4n) is 1.85. The first kappa shape index (κ1) is 17.4. The molecule has 9 heteroatoms. The molecule has 2 amide bonds. The topological polar surface area (TPSA) is 130 Å². The Morgan fingerprint density at radius 2 is 2.09 bits per heavy atom. The molecule has 118 valence electrons. The molecule has 0 radical (unpaired) electrons. The second-order valence-electron chi connectivity index (χ2n) is 4.35. The maximum absolute atomic E-state index is 12.9. The van der Waals surface area contributed by atoms with E-state index in [2.05, 4.69) is 15.3 Å². The highest BCUT2D eigenvalue weighted by Gasteiger charge is 2.22. The fraction of sp³-hybridized carbons (Fsp3) is 0.385. The van der Waals surface area contributed by atoms with E-state index >= 15 is 0 Å². The summed E-state index contributed by atoms with van der Waals surface area (Å²) in [6.45, 7) is -1.13. The monoisotopic (exact) mass is 309 g/mol. The van der Waals surface area contributed by atoms with Crippen LogP contribution in [0, 0.1) is 0 Å². The number of alkyl halides is 1. The van der Waals surface area contributed by atoms with Crippen molar-refractivity contribution in [3.8, 4) is 0 Å². The number of nitrogens with two attached hydrogens (primary N) is 1. The van der Waals surface area contributed by atoms with E-state index in [9.17, 15) is 14.0 Å². The van der Waals surface area contributed by atoms with Crippen molar-refractivity contribution < 1.29 is 18.7 Å². The lowest BCUT2D eigenvalue weighted by Gasteiger charge is -2.20. The summed E-state index contributed by atoms with van der Waals surface area (Å²) in [5.74, 6) is -1.11. The molecule has 0 fully saturated rings. The number of azide groups is 1. The Balaban J connectivity index is 2.87. The van der Waals surface area contributed by atoms with Crippen LogP contribution in [0.4, 0.5) is 4.39 Å². The van der Waals surface area contributed by atoms with Gasteiger partial charge in [0.05, 0.1) is 18.7 Å². The molecule has 0 saturated heterocycles. The van der Waals surface area contributed by atoms with Gasteiger partial charge in [0.25, 0.3) is 5.91 Å². The van der Waals surface area contributed by atoms with Crippen molar-refractivity contribution in [3.63, 3.8) is 0 Å². The molecule has 1 aromatic rings. The summed E-state index contributed by atoms with van der Waals surface area (Å²) in [5.41, 5.74) is 14.2. The van der Waals surface area contributed by atoms with Crippen LogP contribution in [0.15, 0.2) is 29.4 Å². The van der Waals surface area contributed by atoms with Crippen LogP contribution in [0.3, 0.4) is 0 Å². The number of nitrogens with one attached hydrogen (secondary N) is 1. The third-order valence-electron chi connectivity index (χ3n) is 2.89. The number of halogens is 1. The number of hydrogen-bond donors (Lipinski definition) is 2. The number of nitrogens with zero attached hydrogens (tertiary/aromatic N) is 3. The van der Waals surface area contributed by atoms with Gasteiger partial charge in [0.15, 0.2) is 0 Å². The number of carbonyl (C=O) groups is 2. The molecule has 0 aromatic heterocycles. The van der Waals surface area contributed by atoms with Gasteiger partial charge < -0.3 is 15.8 Å². The molecule has 1 aromatic carbocycles. The van der Waals surface area contributed by atoms with E-state index in [1.54, 1.807) is 12.1 Å². The first-order valence-electron chi connectivity index (χ1n) is 6.33. The number of ether oxygens (including phenoxy) is 1. The highest BCUT2D eigenvalue weighted by atomic mass is 19.1. The largest absolute Gasteiger partial charge is 0.376 e. The van der Waals surface area contributed by atoms with Crippen molar-refractivity contribution in [1.82, 2.24) is 5.32 Å². The zero-order valence-corrected chi connectivity index (χ0v) is 11.9. The Kier molecular flexibility index (Phi) is 6.81. The number of amides is 2. The molecule has 0 bridgehead atoms. The van der Waals surface area contributed by atoms with E-state index in [4.69, 9.17) is 16.0 Å². The summed E-state index contributed by atoms with van der Waals surface area (Å²) in [6, 6.07) is 5.10. The Morgan fingerprint density at radius 1 is 1.45 bits per heavy atom. The molecule has 0 aliphatic rings. The summed E-state index contributed by atoms with van der Waals surface area (Å²) in [6.07, 6.45) is -0.761. The molecular formula is C13H16FN5O3. The Labute approximate surface area is 126 Å². The number of benzene rings is 1. The number of hydrogen-bond acceptors (Lipinski definition) is 4. The molecule has 0 unspecified atom stereocenters. The summed E-state index contributed by atoms with van der Waals surface area (Å²) < 4.78 is 18.1. The van der Waals surface area contributed by atoms with Gasteiger partial charge in [-0.1, -0.05) is 17.2 Å². The van der Waals surface area contributed by atoms with Gasteiger partial charge in [0.1, 0.15) is 6.67 Å². The van der Waals surface area contributed by atoms with Gasteiger partial charge in [-0.2, -0.15) is 0 Å². The van der Waals surface area contributed by atoms with Crippen molar-refractivity contribution in [1.29, 1.82) is 0 Å². The SMILES string of the molecule is CO[C@H](c1ccc(C(=O)NCC(N)=O)cc1)[C@@H](CF)N=[N+]=[N-]. The van der Waals surface area contributed by atoms with Gasteiger partial charge in [0, 0.05) is 17.6 Å². The minimum absolute atomic E-state index is 0.262. The Morgan fingerprint density at radius 3 is 2.55 bits per heavy atom. The van der Waals surface area contributed by atoms with Crippen LogP contribution in [0.5, 0.6) is 0 Å². The lowest BCUT2D eigenvalue weighted by Crippen LogP contribution is -2.33. The number of methoxy groups -OCH3 is 1. The average Bonchev–Trinajstić information content (AvgIpc) is 2.53. The van der Waals surface area contributed by atoms with E-state index < -0.39 is 30.6 Å². The van der Waals surface area contributed by atoms with E-state index in [1.165, 1.54) is 19.2 Å². The number of rotatable bonds is 8. The van der Waals surface area contributed by atoms with Gasteiger partial charge in [0.2, 0.25) is 5.91 Å². The predicted molar refractivity (Wildman–Crippen MR) is 76.6 cm³/mol. The summed E-state index contributed by atoms with van der Waals surface area (Å²) in [5, 5.41) is 5.69. The maximum Gasteiger partial charge on any atom is 0.251 e. The number of carbonyl (C=O) groups excluding carboxylic acids is 2.